The molecule has 1 atom stereocenters. The van der Waals surface area contributed by atoms with Crippen molar-refractivity contribution in [2.45, 2.75) is 24.5 Å². The highest BCUT2D eigenvalue weighted by atomic mass is 32.2. The summed E-state index contributed by atoms with van der Waals surface area (Å²) in [7, 11) is 4.11. The molecule has 1 aliphatic heterocycles. The van der Waals surface area contributed by atoms with Crippen molar-refractivity contribution in [1.29, 1.82) is 0 Å². The number of hydrogen-bond donors (Lipinski definition) is 0. The van der Waals surface area contributed by atoms with E-state index in [2.05, 4.69) is 38.3 Å². The normalized spacial score (nSPS) is 17.8. The molecule has 148 valence electrons. The average Bonchev–Trinajstić information content (AvgIpc) is 3.11. The molecular weight excluding hydrogens is 384 g/mol. The van der Waals surface area contributed by atoms with Gasteiger partial charge >= 0.3 is 0 Å². The Labute approximate surface area is 166 Å². The van der Waals surface area contributed by atoms with Crippen molar-refractivity contribution in [3.63, 3.8) is 0 Å². The van der Waals surface area contributed by atoms with E-state index in [4.69, 9.17) is 4.98 Å². The van der Waals surface area contributed by atoms with E-state index in [1.807, 2.05) is 18.0 Å². The minimum atomic E-state index is -2.65. The van der Waals surface area contributed by atoms with Crippen molar-refractivity contribution in [3.05, 3.63) is 36.5 Å². The number of aromatic nitrogens is 5. The summed E-state index contributed by atoms with van der Waals surface area (Å²) in [6.07, 6.45) is 5.55. The van der Waals surface area contributed by atoms with E-state index in [1.165, 1.54) is 18.8 Å². The van der Waals surface area contributed by atoms with Crippen LogP contribution in [0.25, 0.3) is 17.2 Å². The van der Waals surface area contributed by atoms with Crippen molar-refractivity contribution in [1.82, 2.24) is 28.6 Å². The minimum absolute atomic E-state index is 0.303. The number of nitrogens with zero attached hydrogens (tertiary/aromatic N) is 7. The van der Waals surface area contributed by atoms with Crippen molar-refractivity contribution in [2.24, 2.45) is 0 Å². The molecule has 0 amide bonds. The van der Waals surface area contributed by atoms with E-state index in [1.54, 1.807) is 16.8 Å². The molecule has 0 aliphatic carbocycles. The highest BCUT2D eigenvalue weighted by Crippen LogP contribution is 2.28. The van der Waals surface area contributed by atoms with E-state index in [-0.39, 0.29) is 5.69 Å². The van der Waals surface area contributed by atoms with Gasteiger partial charge in [-0.25, -0.2) is 28.7 Å². The van der Waals surface area contributed by atoms with Crippen LogP contribution in [0.3, 0.4) is 0 Å². The highest BCUT2D eigenvalue weighted by molar-refractivity contribution is 7.97. The molecular formula is C18H21F2N7S. The fourth-order valence-corrected chi connectivity index (χ4v) is 4.48. The first-order valence-corrected chi connectivity index (χ1v) is 9.88. The number of piperidine rings is 1. The average molecular weight is 405 g/mol. The lowest BCUT2D eigenvalue weighted by molar-refractivity contribution is 0.145. The third-order valence-corrected chi connectivity index (χ3v) is 5.68. The molecule has 10 heteroatoms. The van der Waals surface area contributed by atoms with E-state index in [0.29, 0.717) is 22.4 Å². The second-order valence-corrected chi connectivity index (χ2v) is 8.46. The van der Waals surface area contributed by atoms with Gasteiger partial charge in [0.1, 0.15) is 17.2 Å². The van der Waals surface area contributed by atoms with Crippen LogP contribution in [0, 0.1) is 0 Å². The molecule has 1 aliphatic rings. The number of hydrogen-bond acceptors (Lipinski definition) is 7. The molecule has 0 aromatic carbocycles. The lowest BCUT2D eigenvalue weighted by Gasteiger charge is -2.34. The summed E-state index contributed by atoms with van der Waals surface area (Å²) in [5.74, 6) is 1.30. The first kappa shape index (κ1) is 19.0. The Hall–Kier alpha value is -2.33. The predicted molar refractivity (Wildman–Crippen MR) is 105 cm³/mol. The molecule has 0 bridgehead atoms. The zero-order valence-electron chi connectivity index (χ0n) is 15.7. The molecule has 1 fully saturated rings. The Balaban J connectivity index is 1.64. The Kier molecular flexibility index (Phi) is 5.40. The summed E-state index contributed by atoms with van der Waals surface area (Å²) >= 11 is 1.84. The highest BCUT2D eigenvalue weighted by Gasteiger charge is 2.23. The Morgan fingerprint density at radius 3 is 2.86 bits per heavy atom. The summed E-state index contributed by atoms with van der Waals surface area (Å²) < 4.78 is 29.8. The van der Waals surface area contributed by atoms with Crippen LogP contribution in [0.4, 0.5) is 14.6 Å². The predicted octanol–water partition coefficient (Wildman–Crippen LogP) is 3.30. The van der Waals surface area contributed by atoms with Gasteiger partial charge in [-0.3, -0.25) is 8.71 Å². The Morgan fingerprint density at radius 1 is 1.21 bits per heavy atom. The monoisotopic (exact) mass is 405 g/mol. The molecule has 3 aromatic heterocycles. The molecule has 7 nitrogen and oxygen atoms in total. The second-order valence-electron chi connectivity index (χ2n) is 6.85. The first-order chi connectivity index (χ1) is 13.5. The minimum Gasteiger partial charge on any atom is -0.355 e. The Bertz CT molecular complexity index is 962. The number of anilines is 1. The third kappa shape index (κ3) is 3.93. The van der Waals surface area contributed by atoms with Gasteiger partial charge in [0, 0.05) is 30.7 Å². The van der Waals surface area contributed by atoms with E-state index in [0.717, 1.165) is 25.3 Å². The largest absolute Gasteiger partial charge is 0.355 e. The third-order valence-electron chi connectivity index (χ3n) is 4.57. The van der Waals surface area contributed by atoms with Crippen molar-refractivity contribution >= 4 is 23.4 Å². The summed E-state index contributed by atoms with van der Waals surface area (Å²) in [5, 5.41) is 0.512. The number of halogens is 2. The lowest BCUT2D eigenvalue weighted by Crippen LogP contribution is -2.38. The number of rotatable bonds is 5. The molecule has 4 rings (SSSR count). The van der Waals surface area contributed by atoms with Gasteiger partial charge in [0.15, 0.2) is 11.5 Å². The van der Waals surface area contributed by atoms with Gasteiger partial charge in [-0.1, -0.05) is 11.9 Å². The van der Waals surface area contributed by atoms with Crippen molar-refractivity contribution < 1.29 is 8.78 Å². The van der Waals surface area contributed by atoms with Gasteiger partial charge in [0.2, 0.25) is 0 Å². The van der Waals surface area contributed by atoms with Crippen LogP contribution in [0.1, 0.15) is 25.0 Å². The van der Waals surface area contributed by atoms with E-state index < -0.39 is 6.43 Å². The van der Waals surface area contributed by atoms with Crippen LogP contribution in [0.15, 0.2) is 30.9 Å². The Morgan fingerprint density at radius 2 is 2.07 bits per heavy atom. The number of imidazole rings is 1. The number of fused-ring (bicyclic) bond motifs is 1. The van der Waals surface area contributed by atoms with Crippen LogP contribution < -0.4 is 4.90 Å². The van der Waals surface area contributed by atoms with Crippen LogP contribution in [0.5, 0.6) is 0 Å². The number of alkyl halides is 2. The summed E-state index contributed by atoms with van der Waals surface area (Å²) in [4.78, 5) is 19.3. The van der Waals surface area contributed by atoms with E-state index in [9.17, 15) is 8.78 Å². The zero-order valence-corrected chi connectivity index (χ0v) is 16.5. The van der Waals surface area contributed by atoms with Crippen LogP contribution in [0.2, 0.25) is 0 Å². The second kappa shape index (κ2) is 7.96. The smallest absolute Gasteiger partial charge is 0.281 e. The molecule has 0 spiro atoms. The van der Waals surface area contributed by atoms with Crippen molar-refractivity contribution in [3.8, 4) is 11.5 Å². The molecule has 1 saturated heterocycles. The molecule has 4 heterocycles. The summed E-state index contributed by atoms with van der Waals surface area (Å²) in [6.45, 7) is 1.85. The molecule has 0 radical (unpaired) electrons. The zero-order chi connectivity index (χ0) is 19.7. The van der Waals surface area contributed by atoms with Gasteiger partial charge in [-0.15, -0.1) is 0 Å². The molecule has 0 N–H and O–H groups in total. The fraction of sp³-hybridized carbons (Fsp3) is 0.444. The maximum atomic E-state index is 13.0. The first-order valence-electron chi connectivity index (χ1n) is 9.05. The standard InChI is InChI=1S/C18H21F2N7S/c1-25(2)28-12-4-3-7-26(10-12)15-5-6-21-18(24-15)14-8-23-16-9-22-13(17(19)20)11-27(14)16/h5-6,8-9,11-12,17H,3-4,7,10H2,1-2H3. The van der Waals surface area contributed by atoms with Crippen LogP contribution in [-0.2, 0) is 0 Å². The van der Waals surface area contributed by atoms with Crippen LogP contribution in [-0.4, -0.2) is 61.1 Å². The van der Waals surface area contributed by atoms with Crippen LogP contribution >= 0.6 is 11.9 Å². The van der Waals surface area contributed by atoms with Gasteiger partial charge in [0.25, 0.3) is 6.43 Å². The van der Waals surface area contributed by atoms with Crippen molar-refractivity contribution in [2.75, 3.05) is 32.1 Å². The fourth-order valence-electron chi connectivity index (χ4n) is 3.36. The summed E-state index contributed by atoms with van der Waals surface area (Å²) in [6, 6.07) is 1.89. The maximum absolute atomic E-state index is 13.0. The molecule has 1 unspecified atom stereocenters. The summed E-state index contributed by atoms with van der Waals surface area (Å²) in [5.41, 5.74) is 0.744. The van der Waals surface area contributed by atoms with Gasteiger partial charge in [0.05, 0.1) is 12.4 Å². The lowest BCUT2D eigenvalue weighted by atomic mass is 10.1. The van der Waals surface area contributed by atoms with E-state index >= 15 is 0 Å². The van der Waals surface area contributed by atoms with Gasteiger partial charge in [-0.05, 0) is 33.0 Å². The quantitative estimate of drug-likeness (QED) is 0.604. The molecule has 3 aromatic rings. The molecule has 28 heavy (non-hydrogen) atoms. The SMILES string of the molecule is CN(C)SC1CCCN(c2ccnc(-c3cnc4cnc(C(F)F)cn34)n2)C1. The molecule has 0 saturated carbocycles. The maximum Gasteiger partial charge on any atom is 0.281 e. The topological polar surface area (TPSA) is 62.5 Å². The van der Waals surface area contributed by atoms with Gasteiger partial charge in [-0.2, -0.15) is 0 Å². The van der Waals surface area contributed by atoms with Gasteiger partial charge < -0.3 is 4.90 Å².